The first-order valence-corrected chi connectivity index (χ1v) is 7.11. The topological polar surface area (TPSA) is 84.9 Å². The van der Waals surface area contributed by atoms with Gasteiger partial charge in [-0.25, -0.2) is 13.0 Å². The van der Waals surface area contributed by atoms with E-state index in [1.54, 1.807) is 24.3 Å². The Balaban J connectivity index is 0.000000204. The van der Waals surface area contributed by atoms with Crippen molar-refractivity contribution in [3.05, 3.63) is 59.9 Å². The molecule has 0 saturated carbocycles. The first-order valence-electron chi connectivity index (χ1n) is 5.71. The molecule has 1 aromatic carbocycles. The molecule has 1 heterocycles. The van der Waals surface area contributed by atoms with Gasteiger partial charge in [-0.05, 0) is 19.1 Å². The van der Waals surface area contributed by atoms with E-state index in [1.165, 1.54) is 12.1 Å². The number of hydrogen-bond acceptors (Lipinski definition) is 4. The summed E-state index contributed by atoms with van der Waals surface area (Å²) in [6.45, 7) is 1.82. The molecule has 0 N–H and O–H groups in total. The Morgan fingerprint density at radius 1 is 1.10 bits per heavy atom. The van der Waals surface area contributed by atoms with Crippen LogP contribution in [0, 0.1) is 18.3 Å². The maximum absolute atomic E-state index is 10.4. The average Bonchev–Trinajstić information content (AvgIpc) is 2.40. The summed E-state index contributed by atoms with van der Waals surface area (Å²) in [6, 6.07) is 11.4. The lowest BCUT2D eigenvalue weighted by Gasteiger charge is -2.05. The lowest BCUT2D eigenvalue weighted by Crippen LogP contribution is -2.25. The van der Waals surface area contributed by atoms with Crippen LogP contribution in [0.1, 0.15) is 11.1 Å². The summed E-state index contributed by atoms with van der Waals surface area (Å²) in [7, 11) is -2.35. The van der Waals surface area contributed by atoms with Crippen LogP contribution in [-0.2, 0) is 17.2 Å². The number of nitriles is 1. The molecule has 0 spiro atoms. The van der Waals surface area contributed by atoms with Crippen molar-refractivity contribution >= 4 is 10.1 Å². The van der Waals surface area contributed by atoms with Crippen LogP contribution in [0.3, 0.4) is 0 Å². The zero-order valence-electron chi connectivity index (χ0n) is 11.1. The number of hydrogen-bond donors (Lipinski definition) is 0. The molecule has 6 heteroatoms. The third-order valence-electron chi connectivity index (χ3n) is 2.42. The van der Waals surface area contributed by atoms with Crippen molar-refractivity contribution in [2.45, 2.75) is 11.8 Å². The molecule has 0 fully saturated rings. The number of benzene rings is 1. The van der Waals surface area contributed by atoms with Crippen molar-refractivity contribution in [3.8, 4) is 6.07 Å². The molecular formula is C14H14N2O3S. The fraction of sp³-hybridized carbons (Fsp3) is 0.143. The quantitative estimate of drug-likeness (QED) is 0.585. The summed E-state index contributed by atoms with van der Waals surface area (Å²) >= 11 is 0. The second-order valence-corrected chi connectivity index (χ2v) is 5.51. The van der Waals surface area contributed by atoms with Crippen molar-refractivity contribution in [3.63, 3.8) is 0 Å². The van der Waals surface area contributed by atoms with Gasteiger partial charge >= 0.3 is 0 Å². The van der Waals surface area contributed by atoms with Crippen LogP contribution in [0.2, 0.25) is 0 Å². The third kappa shape index (κ3) is 5.18. The molecule has 104 valence electrons. The van der Waals surface area contributed by atoms with Crippen LogP contribution in [0.15, 0.2) is 53.7 Å². The van der Waals surface area contributed by atoms with Crippen molar-refractivity contribution < 1.29 is 17.5 Å². The second-order valence-electron chi connectivity index (χ2n) is 4.13. The van der Waals surface area contributed by atoms with E-state index in [4.69, 9.17) is 5.26 Å². The van der Waals surface area contributed by atoms with Crippen LogP contribution in [0.4, 0.5) is 0 Å². The molecule has 20 heavy (non-hydrogen) atoms. The summed E-state index contributed by atoms with van der Waals surface area (Å²) in [5.41, 5.74) is 1.63. The van der Waals surface area contributed by atoms with E-state index in [-0.39, 0.29) is 4.90 Å². The maximum atomic E-state index is 10.4. The van der Waals surface area contributed by atoms with E-state index >= 15 is 0 Å². The van der Waals surface area contributed by atoms with E-state index in [9.17, 15) is 13.0 Å². The van der Waals surface area contributed by atoms with Crippen LogP contribution >= 0.6 is 0 Å². The van der Waals surface area contributed by atoms with Gasteiger partial charge in [0.15, 0.2) is 12.4 Å². The maximum Gasteiger partial charge on any atom is 0.169 e. The number of aryl methyl sites for hydroxylation is 2. The largest absolute Gasteiger partial charge is 0.744 e. The summed E-state index contributed by atoms with van der Waals surface area (Å²) in [6.07, 6.45) is 3.69. The predicted molar refractivity (Wildman–Crippen MR) is 71.5 cm³/mol. The SMILES string of the molecule is C[n+]1ccc(C#N)cc1.Cc1ccc(S(=O)(=O)[O-])cc1. The fourth-order valence-electron chi connectivity index (χ4n) is 1.28. The normalized spacial score (nSPS) is 10.1. The Labute approximate surface area is 118 Å². The molecule has 5 nitrogen and oxygen atoms in total. The minimum Gasteiger partial charge on any atom is -0.744 e. The van der Waals surface area contributed by atoms with Gasteiger partial charge in [0.25, 0.3) is 0 Å². The molecule has 2 rings (SSSR count). The summed E-state index contributed by atoms with van der Waals surface area (Å²) in [5.74, 6) is 0. The van der Waals surface area contributed by atoms with Crippen molar-refractivity contribution in [2.24, 2.45) is 7.05 Å². The van der Waals surface area contributed by atoms with Gasteiger partial charge in [0, 0.05) is 12.1 Å². The van der Waals surface area contributed by atoms with Crippen LogP contribution in [0.5, 0.6) is 0 Å². The lowest BCUT2D eigenvalue weighted by molar-refractivity contribution is -0.671. The van der Waals surface area contributed by atoms with Gasteiger partial charge in [-0.15, -0.1) is 0 Å². The Kier molecular flexibility index (Phi) is 5.38. The standard InChI is InChI=1S/C7H7N2.C7H8O3S/c1-9-4-2-7(6-8)3-5-9;1-6-2-4-7(5-3-6)11(8,9)10/h2-5H,1H3;2-5H,1H3,(H,8,9,10)/q+1;/p-1. The van der Waals surface area contributed by atoms with Gasteiger partial charge in [0.1, 0.15) is 17.2 Å². The molecule has 0 bridgehead atoms. The van der Waals surface area contributed by atoms with Crippen molar-refractivity contribution in [1.82, 2.24) is 0 Å². The Hall–Kier alpha value is -2.23. The molecule has 0 atom stereocenters. The highest BCUT2D eigenvalue weighted by atomic mass is 32.2. The highest BCUT2D eigenvalue weighted by Crippen LogP contribution is 2.08. The van der Waals surface area contributed by atoms with Crippen LogP contribution in [0.25, 0.3) is 0 Å². The van der Waals surface area contributed by atoms with Gasteiger partial charge in [0.05, 0.1) is 16.5 Å². The van der Waals surface area contributed by atoms with E-state index in [2.05, 4.69) is 0 Å². The molecule has 0 radical (unpaired) electrons. The number of aromatic nitrogens is 1. The monoisotopic (exact) mass is 290 g/mol. The van der Waals surface area contributed by atoms with Gasteiger partial charge in [-0.3, -0.25) is 0 Å². The molecular weight excluding hydrogens is 276 g/mol. The van der Waals surface area contributed by atoms with E-state index in [0.29, 0.717) is 5.56 Å². The molecule has 0 aliphatic heterocycles. The highest BCUT2D eigenvalue weighted by molar-refractivity contribution is 7.85. The van der Waals surface area contributed by atoms with E-state index in [0.717, 1.165) is 5.56 Å². The smallest absolute Gasteiger partial charge is 0.169 e. The number of pyridine rings is 1. The number of nitrogens with zero attached hydrogens (tertiary/aromatic N) is 2. The molecule has 0 unspecified atom stereocenters. The lowest BCUT2D eigenvalue weighted by atomic mass is 10.2. The molecule has 0 amide bonds. The van der Waals surface area contributed by atoms with E-state index in [1.807, 2.05) is 37.0 Å². The minimum absolute atomic E-state index is 0.178. The molecule has 0 aliphatic rings. The second kappa shape index (κ2) is 6.80. The molecule has 2 aromatic rings. The fourth-order valence-corrected chi connectivity index (χ4v) is 1.75. The Bertz CT molecular complexity index is 700. The predicted octanol–water partition coefficient (Wildman–Crippen LogP) is 1.28. The summed E-state index contributed by atoms with van der Waals surface area (Å²) in [5, 5.41) is 8.37. The average molecular weight is 290 g/mol. The minimum atomic E-state index is -4.27. The first-order chi connectivity index (χ1) is 9.32. The van der Waals surface area contributed by atoms with Gasteiger partial charge in [-0.2, -0.15) is 5.26 Å². The Morgan fingerprint density at radius 3 is 2.00 bits per heavy atom. The first kappa shape index (κ1) is 15.8. The van der Waals surface area contributed by atoms with Gasteiger partial charge < -0.3 is 4.55 Å². The highest BCUT2D eigenvalue weighted by Gasteiger charge is 1.97. The van der Waals surface area contributed by atoms with Gasteiger partial charge in [0.2, 0.25) is 0 Å². The van der Waals surface area contributed by atoms with Crippen molar-refractivity contribution in [1.29, 1.82) is 5.26 Å². The van der Waals surface area contributed by atoms with Crippen LogP contribution in [-0.4, -0.2) is 13.0 Å². The summed E-state index contributed by atoms with van der Waals surface area (Å²) < 4.78 is 33.1. The molecule has 0 aliphatic carbocycles. The Morgan fingerprint density at radius 2 is 1.60 bits per heavy atom. The van der Waals surface area contributed by atoms with Crippen LogP contribution < -0.4 is 4.57 Å². The van der Waals surface area contributed by atoms with Crippen molar-refractivity contribution in [2.75, 3.05) is 0 Å². The van der Waals surface area contributed by atoms with Gasteiger partial charge in [-0.1, -0.05) is 17.7 Å². The molecule has 0 saturated heterocycles. The zero-order valence-corrected chi connectivity index (χ0v) is 12.0. The third-order valence-corrected chi connectivity index (χ3v) is 3.27. The summed E-state index contributed by atoms with van der Waals surface area (Å²) in [4.78, 5) is -0.178. The van der Waals surface area contributed by atoms with E-state index < -0.39 is 10.1 Å². The molecule has 1 aromatic heterocycles. The number of rotatable bonds is 1. The zero-order chi connectivity index (χ0) is 15.2.